The van der Waals surface area contributed by atoms with Crippen molar-refractivity contribution in [2.75, 3.05) is 17.8 Å². The first kappa shape index (κ1) is 11.0. The summed E-state index contributed by atoms with van der Waals surface area (Å²) < 4.78 is 24.1. The summed E-state index contributed by atoms with van der Waals surface area (Å²) in [7, 11) is -3.11. The number of hydrogen-bond acceptors (Lipinski definition) is 3. The molecule has 0 aliphatic carbocycles. The van der Waals surface area contributed by atoms with Gasteiger partial charge in [0.1, 0.15) is 4.66 Å². The van der Waals surface area contributed by atoms with E-state index in [9.17, 15) is 8.42 Å². The molecule has 0 atom stereocenters. The van der Waals surface area contributed by atoms with E-state index in [1.807, 2.05) is 0 Å². The number of sulfonamides is 1. The third kappa shape index (κ3) is 2.66. The number of nitrogens with zero attached hydrogens (tertiary/aromatic N) is 2. The quantitative estimate of drug-likeness (QED) is 0.698. The Hall–Kier alpha value is -0.120. The second-order valence-corrected chi connectivity index (χ2v) is 6.30. The van der Waals surface area contributed by atoms with Crippen molar-refractivity contribution in [1.82, 2.24) is 4.31 Å². The van der Waals surface area contributed by atoms with E-state index in [1.165, 1.54) is 4.31 Å². The van der Waals surface area contributed by atoms with Crippen molar-refractivity contribution in [1.29, 1.82) is 5.26 Å². The smallest absolute Gasteiger partial charge is 0.211 e. The number of hydrogen-bond donors (Lipinski definition) is 0. The van der Waals surface area contributed by atoms with Crippen LogP contribution in [0.25, 0.3) is 0 Å². The molecule has 0 aromatic carbocycles. The number of nitriles is 1. The lowest BCUT2D eigenvalue weighted by molar-refractivity contribution is 0.311. The third-order valence-electron chi connectivity index (χ3n) is 2.17. The molecular formula is C7H11BrN2O2S. The van der Waals surface area contributed by atoms with E-state index in [1.54, 1.807) is 0 Å². The molecule has 4 nitrogen and oxygen atoms in total. The topological polar surface area (TPSA) is 61.2 Å². The molecule has 13 heavy (non-hydrogen) atoms. The van der Waals surface area contributed by atoms with Gasteiger partial charge in [0.25, 0.3) is 0 Å². The maximum Gasteiger partial charge on any atom is 0.224 e. The zero-order chi connectivity index (χ0) is 9.90. The summed E-state index contributed by atoms with van der Waals surface area (Å²) in [6, 6.07) is 2.16. The second-order valence-electron chi connectivity index (χ2n) is 3.02. The molecule has 0 radical (unpaired) electrons. The first-order valence-electron chi connectivity index (χ1n) is 4.03. The summed E-state index contributed by atoms with van der Waals surface area (Å²) in [5.74, 6) is 0.0294. The first-order chi connectivity index (χ1) is 6.10. The molecule has 0 spiro atoms. The Balaban J connectivity index is 2.56. The molecule has 0 aromatic rings. The SMILES string of the molecule is N#CC1CCN(S(=O)(=O)CBr)CC1. The van der Waals surface area contributed by atoms with Crippen LogP contribution in [0.3, 0.4) is 0 Å². The van der Waals surface area contributed by atoms with E-state index in [-0.39, 0.29) is 10.6 Å². The standard InChI is InChI=1S/C7H11BrN2O2S/c8-6-13(11,12)10-3-1-7(5-9)2-4-10/h7H,1-4,6H2. The lowest BCUT2D eigenvalue weighted by Gasteiger charge is -2.27. The Labute approximate surface area is 86.7 Å². The van der Waals surface area contributed by atoms with Gasteiger partial charge in [-0.15, -0.1) is 0 Å². The zero-order valence-corrected chi connectivity index (χ0v) is 9.51. The number of alkyl halides is 1. The predicted molar refractivity (Wildman–Crippen MR) is 52.6 cm³/mol. The van der Waals surface area contributed by atoms with E-state index < -0.39 is 10.0 Å². The molecule has 0 amide bonds. The Bertz CT molecular complexity index is 301. The Morgan fingerprint density at radius 3 is 2.38 bits per heavy atom. The maximum atomic E-state index is 11.3. The number of rotatable bonds is 2. The van der Waals surface area contributed by atoms with Crippen LogP contribution in [0, 0.1) is 17.2 Å². The molecule has 1 aliphatic rings. The maximum absolute atomic E-state index is 11.3. The van der Waals surface area contributed by atoms with Crippen LogP contribution in [0.1, 0.15) is 12.8 Å². The van der Waals surface area contributed by atoms with Crippen molar-refractivity contribution in [3.05, 3.63) is 0 Å². The van der Waals surface area contributed by atoms with Crippen LogP contribution in [0.5, 0.6) is 0 Å². The van der Waals surface area contributed by atoms with E-state index in [0.29, 0.717) is 25.9 Å². The van der Waals surface area contributed by atoms with Crippen LogP contribution in [-0.2, 0) is 10.0 Å². The summed E-state index contributed by atoms with van der Waals surface area (Å²) in [5.41, 5.74) is 0. The van der Waals surface area contributed by atoms with E-state index in [0.717, 1.165) is 0 Å². The van der Waals surface area contributed by atoms with Crippen molar-refractivity contribution in [3.8, 4) is 6.07 Å². The normalized spacial score (nSPS) is 21.2. The van der Waals surface area contributed by atoms with Gasteiger partial charge in [0, 0.05) is 19.0 Å². The minimum atomic E-state index is -3.11. The molecule has 0 unspecified atom stereocenters. The fourth-order valence-electron chi connectivity index (χ4n) is 1.33. The van der Waals surface area contributed by atoms with Crippen LogP contribution in [0.4, 0.5) is 0 Å². The molecule has 0 aromatic heterocycles. The lowest BCUT2D eigenvalue weighted by atomic mass is 10.0. The molecule has 74 valence electrons. The molecular weight excluding hydrogens is 256 g/mol. The van der Waals surface area contributed by atoms with Crippen molar-refractivity contribution >= 4 is 26.0 Å². The van der Waals surface area contributed by atoms with Gasteiger partial charge in [0.15, 0.2) is 0 Å². The monoisotopic (exact) mass is 266 g/mol. The highest BCUT2D eigenvalue weighted by Gasteiger charge is 2.26. The summed E-state index contributed by atoms with van der Waals surface area (Å²) in [6.07, 6.45) is 1.31. The van der Waals surface area contributed by atoms with Gasteiger partial charge in [0.2, 0.25) is 10.0 Å². The third-order valence-corrected chi connectivity index (χ3v) is 5.33. The van der Waals surface area contributed by atoms with Gasteiger partial charge in [-0.1, -0.05) is 15.9 Å². The van der Waals surface area contributed by atoms with Crippen molar-refractivity contribution in [2.45, 2.75) is 12.8 Å². The van der Waals surface area contributed by atoms with Crippen LogP contribution < -0.4 is 0 Å². The van der Waals surface area contributed by atoms with Crippen LogP contribution >= 0.6 is 15.9 Å². The number of piperidine rings is 1. The average Bonchev–Trinajstić information content (AvgIpc) is 2.18. The summed E-state index contributed by atoms with van der Waals surface area (Å²) in [5, 5.41) is 8.61. The van der Waals surface area contributed by atoms with Gasteiger partial charge in [-0.25, -0.2) is 12.7 Å². The number of halogens is 1. The fourth-order valence-corrected chi connectivity index (χ4v) is 3.11. The van der Waals surface area contributed by atoms with Crippen LogP contribution in [-0.4, -0.2) is 30.5 Å². The Kier molecular flexibility index (Phi) is 3.71. The van der Waals surface area contributed by atoms with Gasteiger partial charge in [-0.05, 0) is 12.8 Å². The molecule has 1 rings (SSSR count). The molecule has 1 fully saturated rings. The van der Waals surface area contributed by atoms with E-state index in [2.05, 4.69) is 22.0 Å². The molecule has 1 saturated heterocycles. The van der Waals surface area contributed by atoms with Crippen LogP contribution in [0.2, 0.25) is 0 Å². The highest BCUT2D eigenvalue weighted by atomic mass is 79.9. The fraction of sp³-hybridized carbons (Fsp3) is 0.857. The molecule has 0 saturated carbocycles. The summed E-state index contributed by atoms with van der Waals surface area (Å²) in [4.78, 5) is 0. The van der Waals surface area contributed by atoms with Gasteiger partial charge in [-0.3, -0.25) is 0 Å². The van der Waals surface area contributed by atoms with Crippen LogP contribution in [0.15, 0.2) is 0 Å². The highest BCUT2D eigenvalue weighted by molar-refractivity contribution is 9.10. The first-order valence-corrected chi connectivity index (χ1v) is 6.76. The van der Waals surface area contributed by atoms with Crippen molar-refractivity contribution in [3.63, 3.8) is 0 Å². The van der Waals surface area contributed by atoms with Crippen molar-refractivity contribution < 1.29 is 8.42 Å². The van der Waals surface area contributed by atoms with Gasteiger partial charge in [0.05, 0.1) is 6.07 Å². The molecule has 0 N–H and O–H groups in total. The summed E-state index contributed by atoms with van der Waals surface area (Å²) in [6.45, 7) is 0.957. The minimum Gasteiger partial charge on any atom is -0.211 e. The summed E-state index contributed by atoms with van der Waals surface area (Å²) >= 11 is 2.94. The second kappa shape index (κ2) is 4.40. The van der Waals surface area contributed by atoms with Gasteiger partial charge < -0.3 is 0 Å². The predicted octanol–water partition coefficient (Wildman–Crippen LogP) is 0.904. The van der Waals surface area contributed by atoms with E-state index in [4.69, 9.17) is 5.26 Å². The van der Waals surface area contributed by atoms with Gasteiger partial charge in [-0.2, -0.15) is 5.26 Å². The lowest BCUT2D eigenvalue weighted by Crippen LogP contribution is -2.38. The zero-order valence-electron chi connectivity index (χ0n) is 7.11. The largest absolute Gasteiger partial charge is 0.224 e. The van der Waals surface area contributed by atoms with Crippen molar-refractivity contribution in [2.24, 2.45) is 5.92 Å². The Morgan fingerprint density at radius 2 is 2.00 bits per heavy atom. The average molecular weight is 267 g/mol. The minimum absolute atomic E-state index is 0.0294. The van der Waals surface area contributed by atoms with Gasteiger partial charge >= 0.3 is 0 Å². The molecule has 0 bridgehead atoms. The molecule has 1 heterocycles. The molecule has 1 aliphatic heterocycles. The van der Waals surface area contributed by atoms with E-state index >= 15 is 0 Å². The molecule has 6 heteroatoms. The Morgan fingerprint density at radius 1 is 1.46 bits per heavy atom. The highest BCUT2D eigenvalue weighted by Crippen LogP contribution is 2.19.